The predicted octanol–water partition coefficient (Wildman–Crippen LogP) is 2.15. The molecule has 0 unspecified atom stereocenters. The van der Waals surface area contributed by atoms with Crippen LogP contribution in [0.2, 0.25) is 0 Å². The second kappa shape index (κ2) is 9.74. The summed E-state index contributed by atoms with van der Waals surface area (Å²) in [5, 5.41) is 11.3. The zero-order valence-electron chi connectivity index (χ0n) is 17.3. The van der Waals surface area contributed by atoms with Crippen molar-refractivity contribution < 1.29 is 25.2 Å². The predicted molar refractivity (Wildman–Crippen MR) is 103 cm³/mol. The van der Waals surface area contributed by atoms with Gasteiger partial charge in [0.05, 0.1) is 0 Å². The lowest BCUT2D eigenvalue weighted by Crippen LogP contribution is -2.51. The lowest BCUT2D eigenvalue weighted by Gasteiger charge is -2.30. The number of benzene rings is 1. The quantitative estimate of drug-likeness (QED) is 0.868. The van der Waals surface area contributed by atoms with Crippen molar-refractivity contribution in [2.75, 3.05) is 13.1 Å². The Morgan fingerprint density at radius 2 is 1.89 bits per heavy atom. The average Bonchev–Trinajstić information content (AvgIpc) is 3.01. The van der Waals surface area contributed by atoms with Gasteiger partial charge in [-0.1, -0.05) is 43.7 Å². The Bertz CT molecular complexity index is 610. The van der Waals surface area contributed by atoms with Gasteiger partial charge in [0.2, 0.25) is 0 Å². The Kier molecular flexibility index (Phi) is 8.28. The number of carbonyl (C=O) groups excluding carboxylic acids is 2. The van der Waals surface area contributed by atoms with Gasteiger partial charge < -0.3 is 25.3 Å². The van der Waals surface area contributed by atoms with E-state index in [0.29, 0.717) is 25.4 Å². The van der Waals surface area contributed by atoms with E-state index in [1.165, 1.54) is 10.5 Å². The first-order valence-corrected chi connectivity index (χ1v) is 9.58. The molecule has 152 valence electrons. The van der Waals surface area contributed by atoms with Crippen LogP contribution < -0.4 is 10.8 Å². The van der Waals surface area contributed by atoms with E-state index in [0.717, 1.165) is 6.42 Å². The van der Waals surface area contributed by atoms with E-state index in [-0.39, 0.29) is 6.54 Å². The minimum Gasteiger partial charge on any atom is -0.549 e. The molecule has 6 heteroatoms. The number of amides is 1. The minimum atomic E-state index is -1.06. The highest BCUT2D eigenvalue weighted by molar-refractivity contribution is 5.76. The van der Waals surface area contributed by atoms with Gasteiger partial charge in [0.1, 0.15) is 11.6 Å². The first-order chi connectivity index (χ1) is 12.5. The number of nitrogens with zero attached hydrogens (tertiary/aromatic N) is 1. The number of likely N-dealkylation sites (tertiary alicyclic amines) is 1. The van der Waals surface area contributed by atoms with Crippen molar-refractivity contribution >= 4 is 12.1 Å². The van der Waals surface area contributed by atoms with Gasteiger partial charge in [-0.3, -0.25) is 0 Å². The maximum Gasteiger partial charge on any atom is 0.410 e. The number of rotatable bonds is 4. The lowest BCUT2D eigenvalue weighted by molar-refractivity contribution is -0.420. The summed E-state index contributed by atoms with van der Waals surface area (Å²) in [6.45, 7) is 10.0. The van der Waals surface area contributed by atoms with Crippen LogP contribution in [0.3, 0.4) is 0 Å². The third kappa shape index (κ3) is 7.21. The molecule has 27 heavy (non-hydrogen) atoms. The van der Waals surface area contributed by atoms with E-state index in [9.17, 15) is 14.7 Å². The lowest BCUT2D eigenvalue weighted by atomic mass is 9.83. The monoisotopic (exact) mass is 378 g/mol. The summed E-state index contributed by atoms with van der Waals surface area (Å²) in [7, 11) is 0. The molecule has 1 aliphatic rings. The normalized spacial score (nSPS) is 20.4. The zero-order valence-corrected chi connectivity index (χ0v) is 17.3. The number of hydrogen-bond donors (Lipinski definition) is 1. The van der Waals surface area contributed by atoms with Crippen molar-refractivity contribution in [2.24, 2.45) is 5.41 Å². The molecule has 0 saturated carbocycles. The molecule has 0 radical (unpaired) electrons. The van der Waals surface area contributed by atoms with Gasteiger partial charge in [-0.05, 0) is 40.5 Å². The molecule has 6 nitrogen and oxygen atoms in total. The van der Waals surface area contributed by atoms with Crippen LogP contribution in [-0.4, -0.2) is 35.7 Å². The van der Waals surface area contributed by atoms with Crippen LogP contribution in [0.15, 0.2) is 30.3 Å². The van der Waals surface area contributed by atoms with Crippen molar-refractivity contribution in [3.05, 3.63) is 35.9 Å². The molecule has 1 aromatic rings. The molecule has 1 heterocycles. The number of carbonyl (C=O) groups is 2. The molecule has 0 bridgehead atoms. The van der Waals surface area contributed by atoms with Crippen LogP contribution in [-0.2, 0) is 9.53 Å². The molecule has 1 aromatic carbocycles. The maximum atomic E-state index is 11.9. The van der Waals surface area contributed by atoms with Gasteiger partial charge in [0, 0.05) is 30.0 Å². The van der Waals surface area contributed by atoms with Crippen LogP contribution in [0, 0.1) is 5.41 Å². The molecule has 2 atom stereocenters. The fraction of sp³-hybridized carbons (Fsp3) is 0.619. The first-order valence-electron chi connectivity index (χ1n) is 9.58. The molecule has 0 aliphatic carbocycles. The summed E-state index contributed by atoms with van der Waals surface area (Å²) in [6, 6.07) is 10.7. The van der Waals surface area contributed by atoms with E-state index >= 15 is 0 Å². The van der Waals surface area contributed by atoms with E-state index in [4.69, 9.17) is 4.74 Å². The average molecular weight is 379 g/mol. The van der Waals surface area contributed by atoms with E-state index in [1.807, 2.05) is 25.1 Å². The number of ether oxygens (including phenoxy) is 1. The summed E-state index contributed by atoms with van der Waals surface area (Å²) in [4.78, 5) is 24.6. The summed E-state index contributed by atoms with van der Waals surface area (Å²) in [6.07, 6.45) is 1.30. The Balaban J connectivity index is 0.000000337. The number of carboxylic acids is 1. The van der Waals surface area contributed by atoms with Gasteiger partial charge >= 0.3 is 6.09 Å². The van der Waals surface area contributed by atoms with Crippen LogP contribution in [0.4, 0.5) is 4.79 Å². The van der Waals surface area contributed by atoms with Gasteiger partial charge in [-0.2, -0.15) is 0 Å². The van der Waals surface area contributed by atoms with Gasteiger partial charge in [-0.15, -0.1) is 0 Å². The molecule has 0 aromatic heterocycles. The second-order valence-electron chi connectivity index (χ2n) is 8.28. The number of hydrogen-bond acceptors (Lipinski definition) is 4. The van der Waals surface area contributed by atoms with Crippen molar-refractivity contribution in [1.82, 2.24) is 4.90 Å². The molecule has 1 fully saturated rings. The number of quaternary nitrogens is 1. The Labute approximate surface area is 162 Å². The van der Waals surface area contributed by atoms with Gasteiger partial charge in [0.25, 0.3) is 0 Å². The molecule has 1 aliphatic heterocycles. The van der Waals surface area contributed by atoms with Crippen LogP contribution in [0.1, 0.15) is 65.5 Å². The molecule has 2 rings (SSSR count). The van der Waals surface area contributed by atoms with Crippen molar-refractivity contribution in [3.63, 3.8) is 0 Å². The SMILES string of the molecule is CCC[C@]1(C(=O)[O-])CCN(C(=O)OC(C)(C)C)C1.C[C@@H]([NH3+])c1ccccc1. The number of aliphatic carboxylic acids is 1. The molecule has 1 amide bonds. The maximum absolute atomic E-state index is 11.9. The summed E-state index contributed by atoms with van der Waals surface area (Å²) in [5.74, 6) is -1.06. The van der Waals surface area contributed by atoms with E-state index < -0.39 is 23.1 Å². The van der Waals surface area contributed by atoms with Gasteiger partial charge in [0.15, 0.2) is 0 Å². The second-order valence-corrected chi connectivity index (χ2v) is 8.28. The minimum absolute atomic E-state index is 0.193. The third-order valence-corrected chi connectivity index (χ3v) is 4.54. The highest BCUT2D eigenvalue weighted by atomic mass is 16.6. The standard InChI is InChI=1S/C13H23NO4.C8H11N/c1-5-6-13(10(15)16)7-8-14(9-13)11(17)18-12(2,3)4;1-7(9)8-5-3-2-4-6-8/h5-9H2,1-4H3,(H,15,16);2-7H,9H2,1H3/t13-;7-/m01/s1. The molecule has 0 spiro atoms. The topological polar surface area (TPSA) is 97.3 Å². The third-order valence-electron chi connectivity index (χ3n) is 4.54. The smallest absolute Gasteiger partial charge is 0.410 e. The zero-order chi connectivity index (χ0) is 20.7. The van der Waals surface area contributed by atoms with Gasteiger partial charge in [-0.25, -0.2) is 4.79 Å². The van der Waals surface area contributed by atoms with Crippen LogP contribution in [0.25, 0.3) is 0 Å². The largest absolute Gasteiger partial charge is 0.549 e. The Morgan fingerprint density at radius 1 is 1.30 bits per heavy atom. The first kappa shape index (κ1) is 23.0. The van der Waals surface area contributed by atoms with Crippen molar-refractivity contribution in [2.45, 2.75) is 65.5 Å². The van der Waals surface area contributed by atoms with E-state index in [2.05, 4.69) is 24.8 Å². The van der Waals surface area contributed by atoms with Crippen molar-refractivity contribution in [1.29, 1.82) is 0 Å². The van der Waals surface area contributed by atoms with Crippen LogP contribution >= 0.6 is 0 Å². The Morgan fingerprint density at radius 3 is 2.30 bits per heavy atom. The Hall–Kier alpha value is -2.08. The highest BCUT2D eigenvalue weighted by Gasteiger charge is 2.41. The molecular weight excluding hydrogens is 344 g/mol. The molecular formula is C21H34N2O4. The number of carboxylic acid groups (broad SMARTS) is 1. The summed E-state index contributed by atoms with van der Waals surface area (Å²) < 4.78 is 5.25. The fourth-order valence-corrected chi connectivity index (χ4v) is 3.09. The highest BCUT2D eigenvalue weighted by Crippen LogP contribution is 2.35. The molecule has 3 N–H and O–H groups in total. The summed E-state index contributed by atoms with van der Waals surface area (Å²) >= 11 is 0. The van der Waals surface area contributed by atoms with Crippen molar-refractivity contribution in [3.8, 4) is 0 Å². The van der Waals surface area contributed by atoms with Crippen LogP contribution in [0.5, 0.6) is 0 Å². The fourth-order valence-electron chi connectivity index (χ4n) is 3.09. The van der Waals surface area contributed by atoms with E-state index in [1.54, 1.807) is 20.8 Å². The molecule has 1 saturated heterocycles. The summed E-state index contributed by atoms with van der Waals surface area (Å²) in [5.41, 5.74) is 3.75.